The van der Waals surface area contributed by atoms with Crippen LogP contribution in [0.3, 0.4) is 0 Å². The van der Waals surface area contributed by atoms with Crippen molar-refractivity contribution < 1.29 is 19.8 Å². The average Bonchev–Trinajstić information content (AvgIpc) is 2.35. The molecule has 4 heteroatoms. The Kier molecular flexibility index (Phi) is 4.48. The number of carboxylic acid groups (broad SMARTS) is 2. The van der Waals surface area contributed by atoms with E-state index in [1.165, 1.54) is 6.92 Å². The largest absolute Gasteiger partial charge is 0.549 e. The first-order valence-corrected chi connectivity index (χ1v) is 5.98. The summed E-state index contributed by atoms with van der Waals surface area (Å²) < 4.78 is 0. The van der Waals surface area contributed by atoms with Crippen LogP contribution in [0, 0.1) is 5.41 Å². The molecular weight excluding hydrogens is 232 g/mol. The maximum atomic E-state index is 11.3. The lowest BCUT2D eigenvalue weighted by Gasteiger charge is -2.42. The fourth-order valence-electron chi connectivity index (χ4n) is 2.46. The Hall–Kier alpha value is -1.84. The lowest BCUT2D eigenvalue weighted by molar-refractivity contribution is -0.345. The van der Waals surface area contributed by atoms with Gasteiger partial charge in [-0.2, -0.15) is 0 Å². The van der Waals surface area contributed by atoms with E-state index in [1.807, 2.05) is 0 Å². The molecule has 0 aliphatic carbocycles. The molecule has 0 fully saturated rings. The van der Waals surface area contributed by atoms with E-state index in [0.717, 1.165) is 0 Å². The fourth-order valence-corrected chi connectivity index (χ4v) is 2.46. The molecule has 0 aliphatic rings. The third-order valence-corrected chi connectivity index (χ3v) is 3.49. The monoisotopic (exact) mass is 248 g/mol. The zero-order valence-corrected chi connectivity index (χ0v) is 10.5. The second kappa shape index (κ2) is 5.67. The summed E-state index contributed by atoms with van der Waals surface area (Å²) in [7, 11) is 0. The number of hydrogen-bond acceptors (Lipinski definition) is 4. The van der Waals surface area contributed by atoms with Crippen LogP contribution in [0.2, 0.25) is 0 Å². The minimum absolute atomic E-state index is 0.0644. The van der Waals surface area contributed by atoms with Crippen molar-refractivity contribution in [2.24, 2.45) is 5.41 Å². The topological polar surface area (TPSA) is 80.3 Å². The molecule has 0 amide bonds. The molecule has 0 N–H and O–H groups in total. The van der Waals surface area contributed by atoms with Crippen molar-refractivity contribution in [1.82, 2.24) is 0 Å². The number of hydrogen-bond donors (Lipinski definition) is 0. The van der Waals surface area contributed by atoms with Gasteiger partial charge in [0.15, 0.2) is 0 Å². The summed E-state index contributed by atoms with van der Waals surface area (Å²) in [5.41, 5.74) is -1.30. The van der Waals surface area contributed by atoms with Gasteiger partial charge in [0, 0.05) is 0 Å². The molecule has 0 bridgehead atoms. The summed E-state index contributed by atoms with van der Waals surface area (Å²) in [6.45, 7) is 3.28. The van der Waals surface area contributed by atoms with E-state index in [-0.39, 0.29) is 6.42 Å². The maximum absolute atomic E-state index is 11.3. The molecule has 1 unspecified atom stereocenters. The fraction of sp³-hybridized carbons (Fsp3) is 0.429. The number of benzene rings is 1. The van der Waals surface area contributed by atoms with Gasteiger partial charge in [-0.3, -0.25) is 0 Å². The summed E-state index contributed by atoms with van der Waals surface area (Å²) in [5.74, 6) is -3.82. The highest BCUT2D eigenvalue weighted by atomic mass is 16.4. The van der Waals surface area contributed by atoms with E-state index in [9.17, 15) is 19.8 Å². The second-order valence-corrected chi connectivity index (χ2v) is 4.27. The molecule has 0 saturated heterocycles. The van der Waals surface area contributed by atoms with Crippen molar-refractivity contribution in [2.45, 2.75) is 32.6 Å². The summed E-state index contributed by atoms with van der Waals surface area (Å²) in [5, 5.41) is 22.7. The van der Waals surface area contributed by atoms with E-state index < -0.39 is 23.3 Å². The third kappa shape index (κ3) is 2.23. The first-order chi connectivity index (χ1) is 8.50. The molecule has 0 aromatic heterocycles. The zero-order valence-electron chi connectivity index (χ0n) is 10.5. The van der Waals surface area contributed by atoms with Crippen LogP contribution in [-0.4, -0.2) is 11.9 Å². The van der Waals surface area contributed by atoms with Crippen LogP contribution in [0.5, 0.6) is 0 Å². The van der Waals surface area contributed by atoms with Crippen molar-refractivity contribution >= 4 is 11.9 Å². The van der Waals surface area contributed by atoms with Gasteiger partial charge in [0.25, 0.3) is 0 Å². The van der Waals surface area contributed by atoms with Crippen molar-refractivity contribution in [3.05, 3.63) is 35.9 Å². The van der Waals surface area contributed by atoms with E-state index in [2.05, 4.69) is 0 Å². The predicted molar refractivity (Wildman–Crippen MR) is 62.2 cm³/mol. The Labute approximate surface area is 106 Å². The van der Waals surface area contributed by atoms with Crippen LogP contribution >= 0.6 is 0 Å². The van der Waals surface area contributed by atoms with Crippen LogP contribution in [-0.2, 0) is 9.59 Å². The highest BCUT2D eigenvalue weighted by Crippen LogP contribution is 2.40. The standard InChI is InChI=1S/C14H18O4/c1-3-11(10-8-6-5-7-9-10)14(4-2,12(15)16)13(17)18/h5-9,11H,3-4H2,1-2H3,(H,15,16)(H,17,18)/p-2. The van der Waals surface area contributed by atoms with Gasteiger partial charge < -0.3 is 19.8 Å². The summed E-state index contributed by atoms with van der Waals surface area (Å²) in [6.07, 6.45) is 0.324. The Morgan fingerprint density at radius 3 is 1.94 bits per heavy atom. The molecule has 1 atom stereocenters. The number of carboxylic acids is 2. The first kappa shape index (κ1) is 14.2. The molecule has 1 rings (SSSR count). The maximum Gasteiger partial charge on any atom is 0.0560 e. The van der Waals surface area contributed by atoms with E-state index in [0.29, 0.717) is 12.0 Å². The summed E-state index contributed by atoms with van der Waals surface area (Å²) in [4.78, 5) is 22.7. The first-order valence-electron chi connectivity index (χ1n) is 5.98. The molecular formula is C14H16O4-2. The molecule has 0 heterocycles. The van der Waals surface area contributed by atoms with Gasteiger partial charge >= 0.3 is 0 Å². The average molecular weight is 248 g/mol. The molecule has 1 aromatic carbocycles. The van der Waals surface area contributed by atoms with Gasteiger partial charge in [0.05, 0.1) is 17.4 Å². The van der Waals surface area contributed by atoms with Crippen LogP contribution in [0.4, 0.5) is 0 Å². The quantitative estimate of drug-likeness (QED) is 0.667. The van der Waals surface area contributed by atoms with Crippen molar-refractivity contribution in [1.29, 1.82) is 0 Å². The molecule has 98 valence electrons. The number of aliphatic carboxylic acids is 2. The van der Waals surface area contributed by atoms with Crippen LogP contribution in [0.1, 0.15) is 38.2 Å². The number of rotatable bonds is 6. The SMILES string of the molecule is CCC(c1ccccc1)C(CC)(C(=O)[O-])C(=O)[O-]. The van der Waals surface area contributed by atoms with Crippen molar-refractivity contribution in [3.8, 4) is 0 Å². The Bertz CT molecular complexity index is 411. The van der Waals surface area contributed by atoms with E-state index in [1.54, 1.807) is 37.3 Å². The van der Waals surface area contributed by atoms with Crippen molar-refractivity contribution in [2.75, 3.05) is 0 Å². The highest BCUT2D eigenvalue weighted by molar-refractivity contribution is 5.97. The smallest absolute Gasteiger partial charge is 0.0560 e. The van der Waals surface area contributed by atoms with Crippen LogP contribution in [0.25, 0.3) is 0 Å². The van der Waals surface area contributed by atoms with E-state index in [4.69, 9.17) is 0 Å². The van der Waals surface area contributed by atoms with E-state index >= 15 is 0 Å². The Morgan fingerprint density at radius 2 is 1.61 bits per heavy atom. The normalized spacial score (nSPS) is 13.0. The van der Waals surface area contributed by atoms with Gasteiger partial charge in [-0.25, -0.2) is 0 Å². The number of carbonyl (C=O) groups is 2. The molecule has 1 aromatic rings. The zero-order chi connectivity index (χ0) is 13.8. The molecule has 0 radical (unpaired) electrons. The van der Waals surface area contributed by atoms with Crippen molar-refractivity contribution in [3.63, 3.8) is 0 Å². The summed E-state index contributed by atoms with van der Waals surface area (Å²) >= 11 is 0. The van der Waals surface area contributed by atoms with Gasteiger partial charge in [-0.1, -0.05) is 44.2 Å². The van der Waals surface area contributed by atoms with Gasteiger partial charge in [-0.05, 0) is 24.3 Å². The molecule has 0 aliphatic heterocycles. The predicted octanol–water partition coefficient (Wildman–Crippen LogP) is 0.0764. The van der Waals surface area contributed by atoms with Gasteiger partial charge in [0.2, 0.25) is 0 Å². The molecule has 0 spiro atoms. The van der Waals surface area contributed by atoms with Crippen LogP contribution in [0.15, 0.2) is 30.3 Å². The van der Waals surface area contributed by atoms with Gasteiger partial charge in [0.1, 0.15) is 0 Å². The third-order valence-electron chi connectivity index (χ3n) is 3.49. The van der Waals surface area contributed by atoms with Gasteiger partial charge in [-0.15, -0.1) is 0 Å². The Balaban J connectivity index is 3.34. The van der Waals surface area contributed by atoms with Crippen LogP contribution < -0.4 is 10.2 Å². The minimum atomic E-state index is -1.98. The Morgan fingerprint density at radius 1 is 1.11 bits per heavy atom. The second-order valence-electron chi connectivity index (χ2n) is 4.27. The lowest BCUT2D eigenvalue weighted by Crippen LogP contribution is -2.56. The number of carbonyl (C=O) groups excluding carboxylic acids is 2. The highest BCUT2D eigenvalue weighted by Gasteiger charge is 2.40. The lowest BCUT2D eigenvalue weighted by atomic mass is 9.69. The molecule has 4 nitrogen and oxygen atoms in total. The molecule has 18 heavy (non-hydrogen) atoms. The molecule has 0 saturated carbocycles. The summed E-state index contributed by atoms with van der Waals surface area (Å²) in [6, 6.07) is 8.75. The minimum Gasteiger partial charge on any atom is -0.549 e.